The molecule has 2 aromatic rings. The molecule has 6 rings (SSSR count). The number of rotatable bonds is 11. The second-order valence-electron chi connectivity index (χ2n) is 13.8. The number of esters is 2. The van der Waals surface area contributed by atoms with Gasteiger partial charge >= 0.3 is 11.9 Å². The highest BCUT2D eigenvalue weighted by Gasteiger charge is 2.59. The molecule has 1 aliphatic carbocycles. The van der Waals surface area contributed by atoms with E-state index >= 15 is 0 Å². The molecule has 3 heterocycles. The van der Waals surface area contributed by atoms with Gasteiger partial charge in [0.1, 0.15) is 12.4 Å². The largest absolute Gasteiger partial charge is 0.497 e. The van der Waals surface area contributed by atoms with Gasteiger partial charge in [-0.05, 0) is 101 Å². The molecule has 0 radical (unpaired) electrons. The lowest BCUT2D eigenvalue weighted by atomic mass is 9.77. The SMILES string of the molecule is COC1=C[C@@]23CCCN2CCc2cc4c(cc2[C@@H]3C1OC(=O)[C@@](O)(CCCC(C)(C)O)CC(=O)OCc1ccc(C)cc1)OCO4. The molecule has 2 N–H and O–H groups in total. The van der Waals surface area contributed by atoms with E-state index in [0.29, 0.717) is 23.7 Å². The number of ether oxygens (including phenoxy) is 5. The number of benzene rings is 2. The fourth-order valence-electron chi connectivity index (χ4n) is 7.53. The van der Waals surface area contributed by atoms with Crippen LogP contribution in [-0.2, 0) is 36.8 Å². The lowest BCUT2D eigenvalue weighted by Gasteiger charge is -2.39. The standard InChI is InChI=1S/C36H45NO9/c1-23-7-9-24(10-8-23)21-43-30(38)20-36(41,14-5-12-34(2,3)40)33(39)46-32-29(42-4)19-35-13-6-15-37(35)16-11-25-17-27-28(45-22-44-27)18-26(25)31(32)35/h7-10,17-19,31-32,40-41H,5-6,11-16,20-22H2,1-4H3/t31-,32?,35-,36-/m1/s1. The van der Waals surface area contributed by atoms with Crippen molar-refractivity contribution in [3.05, 3.63) is 70.5 Å². The van der Waals surface area contributed by atoms with E-state index in [1.807, 2.05) is 43.3 Å². The molecule has 4 atom stereocenters. The fourth-order valence-corrected chi connectivity index (χ4v) is 7.53. The number of carbonyl (C=O) groups is 2. The van der Waals surface area contributed by atoms with E-state index in [4.69, 9.17) is 23.7 Å². The summed E-state index contributed by atoms with van der Waals surface area (Å²) in [6, 6.07) is 11.6. The highest BCUT2D eigenvalue weighted by atomic mass is 16.7. The predicted molar refractivity (Wildman–Crippen MR) is 168 cm³/mol. The van der Waals surface area contributed by atoms with Gasteiger partial charge in [0.2, 0.25) is 6.79 Å². The maximum absolute atomic E-state index is 14.2. The Bertz CT molecular complexity index is 1500. The first-order valence-corrected chi connectivity index (χ1v) is 16.2. The van der Waals surface area contributed by atoms with Gasteiger partial charge in [0.15, 0.2) is 23.2 Å². The summed E-state index contributed by atoms with van der Waals surface area (Å²) in [5.41, 5.74) is 0.339. The first kappa shape index (κ1) is 32.3. The molecule has 1 fully saturated rings. The quantitative estimate of drug-likeness (QED) is 0.342. The van der Waals surface area contributed by atoms with Gasteiger partial charge in [0.05, 0.1) is 30.6 Å². The molecule has 4 aliphatic rings. The van der Waals surface area contributed by atoms with Gasteiger partial charge in [-0.15, -0.1) is 0 Å². The lowest BCUT2D eigenvalue weighted by molar-refractivity contribution is -0.179. The smallest absolute Gasteiger partial charge is 0.339 e. The molecule has 46 heavy (non-hydrogen) atoms. The van der Waals surface area contributed by atoms with Gasteiger partial charge in [0, 0.05) is 6.54 Å². The number of aliphatic hydroxyl groups is 2. The van der Waals surface area contributed by atoms with Crippen LogP contribution in [0.25, 0.3) is 0 Å². The summed E-state index contributed by atoms with van der Waals surface area (Å²) in [7, 11) is 1.56. The Morgan fingerprint density at radius 1 is 1.07 bits per heavy atom. The minimum atomic E-state index is -2.18. The molecular weight excluding hydrogens is 590 g/mol. The number of nitrogens with zero attached hydrogens (tertiary/aromatic N) is 1. The molecule has 2 aromatic carbocycles. The zero-order valence-electron chi connectivity index (χ0n) is 27.2. The topological polar surface area (TPSA) is 124 Å². The molecule has 3 aliphatic heterocycles. The van der Waals surface area contributed by atoms with Crippen molar-refractivity contribution in [2.45, 2.75) is 101 Å². The van der Waals surface area contributed by atoms with Gasteiger partial charge in [-0.1, -0.05) is 29.8 Å². The van der Waals surface area contributed by atoms with Crippen LogP contribution in [0, 0.1) is 6.92 Å². The predicted octanol–water partition coefficient (Wildman–Crippen LogP) is 4.46. The van der Waals surface area contributed by atoms with Crippen molar-refractivity contribution in [1.29, 1.82) is 0 Å². The van der Waals surface area contributed by atoms with Crippen LogP contribution in [0.5, 0.6) is 11.5 Å². The van der Waals surface area contributed by atoms with Crippen molar-refractivity contribution in [3.8, 4) is 11.5 Å². The lowest BCUT2D eigenvalue weighted by Crippen LogP contribution is -2.49. The van der Waals surface area contributed by atoms with Crippen molar-refractivity contribution in [1.82, 2.24) is 4.90 Å². The van der Waals surface area contributed by atoms with E-state index in [-0.39, 0.29) is 32.2 Å². The first-order chi connectivity index (χ1) is 21.9. The summed E-state index contributed by atoms with van der Waals surface area (Å²) in [6.45, 7) is 7.19. The number of aryl methyl sites for hydroxylation is 1. The molecule has 1 saturated heterocycles. The van der Waals surface area contributed by atoms with Crippen LogP contribution in [0.3, 0.4) is 0 Å². The number of fused-ring (bicyclic) bond motifs is 3. The normalized spacial score (nSPS) is 24.6. The van der Waals surface area contributed by atoms with Crippen LogP contribution < -0.4 is 9.47 Å². The van der Waals surface area contributed by atoms with E-state index in [2.05, 4.69) is 11.0 Å². The van der Waals surface area contributed by atoms with E-state index in [1.165, 1.54) is 0 Å². The maximum atomic E-state index is 14.2. The first-order valence-electron chi connectivity index (χ1n) is 16.2. The second kappa shape index (κ2) is 12.5. The summed E-state index contributed by atoms with van der Waals surface area (Å²) < 4.78 is 29.1. The van der Waals surface area contributed by atoms with Crippen LogP contribution in [0.1, 0.15) is 80.5 Å². The Balaban J connectivity index is 1.28. The summed E-state index contributed by atoms with van der Waals surface area (Å²) in [5, 5.41) is 22.2. The molecule has 1 unspecified atom stereocenters. The summed E-state index contributed by atoms with van der Waals surface area (Å²) in [4.78, 5) is 29.7. The molecule has 248 valence electrons. The summed E-state index contributed by atoms with van der Waals surface area (Å²) in [5.74, 6) is -0.103. The molecule has 0 bridgehead atoms. The minimum Gasteiger partial charge on any atom is -0.497 e. The molecular formula is C36H45NO9. The average molecular weight is 636 g/mol. The molecule has 0 saturated carbocycles. The van der Waals surface area contributed by atoms with E-state index in [1.54, 1.807) is 21.0 Å². The van der Waals surface area contributed by atoms with E-state index in [9.17, 15) is 19.8 Å². The Morgan fingerprint density at radius 2 is 1.80 bits per heavy atom. The molecule has 0 aromatic heterocycles. The Labute approximate surface area is 270 Å². The Hall–Kier alpha value is -3.60. The highest BCUT2D eigenvalue weighted by Crippen LogP contribution is 2.55. The van der Waals surface area contributed by atoms with Crippen molar-refractivity contribution in [3.63, 3.8) is 0 Å². The Kier molecular flexibility index (Phi) is 8.82. The molecule has 10 heteroatoms. The summed E-state index contributed by atoms with van der Waals surface area (Å²) >= 11 is 0. The third kappa shape index (κ3) is 6.35. The fraction of sp³-hybridized carbons (Fsp3) is 0.556. The number of hydrogen-bond acceptors (Lipinski definition) is 10. The van der Waals surface area contributed by atoms with Gasteiger partial charge in [-0.2, -0.15) is 0 Å². The molecule has 0 amide bonds. The number of methoxy groups -OCH3 is 1. The van der Waals surface area contributed by atoms with Gasteiger partial charge in [-0.25, -0.2) is 4.79 Å². The van der Waals surface area contributed by atoms with Crippen LogP contribution in [0.4, 0.5) is 0 Å². The molecule has 1 spiro atoms. The third-order valence-electron chi connectivity index (χ3n) is 9.91. The van der Waals surface area contributed by atoms with Gasteiger partial charge < -0.3 is 33.9 Å². The van der Waals surface area contributed by atoms with Crippen molar-refractivity contribution in [2.24, 2.45) is 0 Å². The van der Waals surface area contributed by atoms with Crippen LogP contribution >= 0.6 is 0 Å². The van der Waals surface area contributed by atoms with E-state index in [0.717, 1.165) is 54.6 Å². The summed E-state index contributed by atoms with van der Waals surface area (Å²) in [6.07, 6.45) is 3.80. The average Bonchev–Trinajstić information content (AvgIpc) is 3.69. The minimum absolute atomic E-state index is 0.0143. The number of carbonyl (C=O) groups excluding carboxylic acids is 2. The van der Waals surface area contributed by atoms with Crippen molar-refractivity contribution < 1.29 is 43.5 Å². The van der Waals surface area contributed by atoms with Crippen molar-refractivity contribution in [2.75, 3.05) is 27.0 Å². The zero-order valence-corrected chi connectivity index (χ0v) is 27.2. The Morgan fingerprint density at radius 3 is 2.52 bits per heavy atom. The van der Waals surface area contributed by atoms with Crippen LogP contribution in [0.15, 0.2) is 48.2 Å². The molecule has 10 nitrogen and oxygen atoms in total. The van der Waals surface area contributed by atoms with Gasteiger partial charge in [0.25, 0.3) is 0 Å². The van der Waals surface area contributed by atoms with Crippen LogP contribution in [0.2, 0.25) is 0 Å². The third-order valence-corrected chi connectivity index (χ3v) is 9.91. The second-order valence-corrected chi connectivity index (χ2v) is 13.8. The van der Waals surface area contributed by atoms with Crippen molar-refractivity contribution >= 4 is 11.9 Å². The maximum Gasteiger partial charge on any atom is 0.339 e. The van der Waals surface area contributed by atoms with Crippen LogP contribution in [-0.4, -0.2) is 76.9 Å². The number of hydrogen-bond donors (Lipinski definition) is 2. The highest BCUT2D eigenvalue weighted by molar-refractivity contribution is 5.86. The monoisotopic (exact) mass is 635 g/mol. The van der Waals surface area contributed by atoms with Gasteiger partial charge in [-0.3, -0.25) is 9.69 Å². The zero-order chi connectivity index (χ0) is 32.7. The van der Waals surface area contributed by atoms with E-state index < -0.39 is 41.2 Å².